The Hall–Kier alpha value is -1.69. The van der Waals surface area contributed by atoms with Crippen molar-refractivity contribution in [2.24, 2.45) is 0 Å². The summed E-state index contributed by atoms with van der Waals surface area (Å²) < 4.78 is 12.1. The van der Waals surface area contributed by atoms with Crippen LogP contribution in [0.1, 0.15) is 13.8 Å². The molecule has 0 unspecified atom stereocenters. The lowest BCUT2D eigenvalue weighted by Crippen LogP contribution is -2.08. The van der Waals surface area contributed by atoms with Crippen LogP contribution in [0.25, 0.3) is 11.1 Å². The summed E-state index contributed by atoms with van der Waals surface area (Å²) in [5.74, 6) is 1.80. The molecule has 0 aliphatic carbocycles. The van der Waals surface area contributed by atoms with Crippen LogP contribution in [0.4, 0.5) is 5.82 Å². The molecule has 0 amide bonds. The van der Waals surface area contributed by atoms with Gasteiger partial charge in [0.05, 0.1) is 19.4 Å². The minimum absolute atomic E-state index is 0.0232. The van der Waals surface area contributed by atoms with Gasteiger partial charge in [0.2, 0.25) is 0 Å². The van der Waals surface area contributed by atoms with Gasteiger partial charge in [-0.05, 0) is 26.0 Å². The molecule has 0 spiro atoms. The van der Waals surface area contributed by atoms with Gasteiger partial charge in [-0.15, -0.1) is 0 Å². The van der Waals surface area contributed by atoms with E-state index < -0.39 is 0 Å². The average molecular weight is 326 g/mol. The van der Waals surface area contributed by atoms with Crippen LogP contribution in [-0.2, 0) is 0 Å². The molecule has 102 valence electrons. The largest absolute Gasteiger partial charge is 0.493 e. The minimum atomic E-state index is 0.0232. The first-order chi connectivity index (χ1) is 9.04. The smallest absolute Gasteiger partial charge is 0.170 e. The molecule has 0 saturated carbocycles. The Morgan fingerprint density at radius 1 is 1.37 bits per heavy atom. The molecule has 1 aromatic heterocycles. The lowest BCUT2D eigenvalue weighted by molar-refractivity contribution is 0.231. The third-order valence-corrected chi connectivity index (χ3v) is 3.24. The van der Waals surface area contributed by atoms with E-state index in [-0.39, 0.29) is 6.10 Å². The normalized spacial score (nSPS) is 10.8. The van der Waals surface area contributed by atoms with E-state index in [2.05, 4.69) is 26.1 Å². The van der Waals surface area contributed by atoms with Crippen molar-refractivity contribution in [3.63, 3.8) is 0 Å². The number of aromatic amines is 1. The number of methoxy groups -OCH3 is 1. The molecule has 0 bridgehead atoms. The molecule has 5 nitrogen and oxygen atoms in total. The van der Waals surface area contributed by atoms with Crippen LogP contribution in [0.3, 0.4) is 0 Å². The second kappa shape index (κ2) is 5.52. The van der Waals surface area contributed by atoms with E-state index in [1.807, 2.05) is 26.0 Å². The molecule has 2 aromatic rings. The molecule has 0 atom stereocenters. The molecule has 19 heavy (non-hydrogen) atoms. The van der Waals surface area contributed by atoms with E-state index in [4.69, 9.17) is 15.2 Å². The van der Waals surface area contributed by atoms with Crippen LogP contribution in [0.15, 0.2) is 22.8 Å². The zero-order valence-electron chi connectivity index (χ0n) is 11.0. The van der Waals surface area contributed by atoms with E-state index >= 15 is 0 Å². The highest BCUT2D eigenvalue weighted by Gasteiger charge is 2.20. The number of ether oxygens (including phenoxy) is 2. The van der Waals surface area contributed by atoms with Crippen LogP contribution in [0.5, 0.6) is 11.5 Å². The second-order valence-corrected chi connectivity index (χ2v) is 5.17. The summed E-state index contributed by atoms with van der Waals surface area (Å²) in [6, 6.07) is 3.75. The maximum Gasteiger partial charge on any atom is 0.170 e. The van der Waals surface area contributed by atoms with Gasteiger partial charge in [0.25, 0.3) is 0 Å². The van der Waals surface area contributed by atoms with E-state index in [1.165, 1.54) is 0 Å². The van der Waals surface area contributed by atoms with Crippen molar-refractivity contribution in [1.82, 2.24) is 10.2 Å². The summed E-state index contributed by atoms with van der Waals surface area (Å²) in [4.78, 5) is 0. The zero-order valence-corrected chi connectivity index (χ0v) is 12.6. The summed E-state index contributed by atoms with van der Waals surface area (Å²) in [7, 11) is 1.61. The van der Waals surface area contributed by atoms with Crippen molar-refractivity contribution >= 4 is 21.7 Å². The van der Waals surface area contributed by atoms with Crippen molar-refractivity contribution in [3.8, 4) is 22.6 Å². The number of hydrogen-bond acceptors (Lipinski definition) is 4. The molecule has 2 rings (SSSR count). The highest BCUT2D eigenvalue weighted by Crippen LogP contribution is 2.44. The minimum Gasteiger partial charge on any atom is -0.493 e. The maximum absolute atomic E-state index is 5.90. The van der Waals surface area contributed by atoms with Crippen LogP contribution < -0.4 is 15.2 Å². The van der Waals surface area contributed by atoms with Gasteiger partial charge in [0, 0.05) is 15.6 Å². The van der Waals surface area contributed by atoms with Gasteiger partial charge in [-0.25, -0.2) is 0 Å². The fourth-order valence-corrected chi connectivity index (χ4v) is 2.33. The number of hydrogen-bond donors (Lipinski definition) is 2. The van der Waals surface area contributed by atoms with Gasteiger partial charge in [0.1, 0.15) is 5.82 Å². The maximum atomic E-state index is 5.90. The summed E-state index contributed by atoms with van der Waals surface area (Å²) in [5.41, 5.74) is 7.51. The zero-order chi connectivity index (χ0) is 14.0. The number of halogens is 1. The lowest BCUT2D eigenvalue weighted by atomic mass is 10.1. The monoisotopic (exact) mass is 325 g/mol. The predicted octanol–water partition coefficient (Wildman–Crippen LogP) is 3.22. The number of nitrogen functional groups attached to an aromatic ring is 1. The summed E-state index contributed by atoms with van der Waals surface area (Å²) in [6.45, 7) is 3.92. The van der Waals surface area contributed by atoms with E-state index in [0.29, 0.717) is 17.3 Å². The molecule has 6 heteroatoms. The first-order valence-corrected chi connectivity index (χ1v) is 6.66. The van der Waals surface area contributed by atoms with Gasteiger partial charge in [0.15, 0.2) is 11.5 Å². The Bertz CT molecular complexity index is 581. The lowest BCUT2D eigenvalue weighted by Gasteiger charge is -2.18. The molecule has 1 heterocycles. The molecule has 0 fully saturated rings. The number of nitrogens with two attached hydrogens (primary N) is 1. The van der Waals surface area contributed by atoms with Crippen molar-refractivity contribution in [2.45, 2.75) is 20.0 Å². The first kappa shape index (κ1) is 13.7. The summed E-state index contributed by atoms with van der Waals surface area (Å²) >= 11 is 3.52. The van der Waals surface area contributed by atoms with Gasteiger partial charge in [-0.1, -0.05) is 15.9 Å². The topological polar surface area (TPSA) is 73.2 Å². The fourth-order valence-electron chi connectivity index (χ4n) is 1.80. The van der Waals surface area contributed by atoms with Crippen LogP contribution in [-0.4, -0.2) is 23.4 Å². The third kappa shape index (κ3) is 2.68. The van der Waals surface area contributed by atoms with E-state index in [0.717, 1.165) is 15.6 Å². The quantitative estimate of drug-likeness (QED) is 0.905. The number of nitrogens with zero attached hydrogens (tertiary/aromatic N) is 1. The SMILES string of the molecule is COc1ccc(Br)c(-c2cn[nH]c2N)c1OC(C)C. The average Bonchev–Trinajstić information content (AvgIpc) is 2.75. The number of anilines is 1. The van der Waals surface area contributed by atoms with E-state index in [9.17, 15) is 0 Å². The number of aromatic nitrogens is 2. The Kier molecular flexibility index (Phi) is 3.99. The molecule has 0 radical (unpaired) electrons. The van der Waals surface area contributed by atoms with Crippen molar-refractivity contribution in [1.29, 1.82) is 0 Å². The van der Waals surface area contributed by atoms with Gasteiger partial charge >= 0.3 is 0 Å². The van der Waals surface area contributed by atoms with Crippen LogP contribution in [0.2, 0.25) is 0 Å². The number of rotatable bonds is 4. The number of H-pyrrole nitrogens is 1. The Balaban J connectivity index is 2.66. The summed E-state index contributed by atoms with van der Waals surface area (Å²) in [5, 5.41) is 6.67. The van der Waals surface area contributed by atoms with Crippen LogP contribution >= 0.6 is 15.9 Å². The van der Waals surface area contributed by atoms with E-state index in [1.54, 1.807) is 13.3 Å². The highest BCUT2D eigenvalue weighted by molar-refractivity contribution is 9.10. The van der Waals surface area contributed by atoms with Crippen LogP contribution in [0, 0.1) is 0 Å². The van der Waals surface area contributed by atoms with Gasteiger partial charge in [-0.2, -0.15) is 5.10 Å². The molecule has 0 saturated heterocycles. The number of nitrogens with one attached hydrogen (secondary N) is 1. The molecule has 0 aliphatic heterocycles. The van der Waals surface area contributed by atoms with Crippen molar-refractivity contribution < 1.29 is 9.47 Å². The molecular formula is C13H16BrN3O2. The van der Waals surface area contributed by atoms with Gasteiger partial charge < -0.3 is 15.2 Å². The molecule has 1 aromatic carbocycles. The first-order valence-electron chi connectivity index (χ1n) is 5.87. The highest BCUT2D eigenvalue weighted by atomic mass is 79.9. The number of benzene rings is 1. The van der Waals surface area contributed by atoms with Gasteiger partial charge in [-0.3, -0.25) is 5.10 Å². The van der Waals surface area contributed by atoms with Crippen molar-refractivity contribution in [2.75, 3.05) is 12.8 Å². The fraction of sp³-hybridized carbons (Fsp3) is 0.308. The molecule has 0 aliphatic rings. The molecule has 3 N–H and O–H groups in total. The Morgan fingerprint density at radius 3 is 2.63 bits per heavy atom. The second-order valence-electron chi connectivity index (χ2n) is 4.32. The Morgan fingerprint density at radius 2 is 2.11 bits per heavy atom. The standard InChI is InChI=1S/C13H16BrN3O2/c1-7(2)19-12-10(18-3)5-4-9(14)11(12)8-6-16-17-13(8)15/h4-7H,1-3H3,(H3,15,16,17). The predicted molar refractivity (Wildman–Crippen MR) is 78.5 cm³/mol. The third-order valence-electron chi connectivity index (χ3n) is 2.58. The molecular weight excluding hydrogens is 310 g/mol. The summed E-state index contributed by atoms with van der Waals surface area (Å²) in [6.07, 6.45) is 1.69. The Labute approximate surface area is 120 Å². The van der Waals surface area contributed by atoms with Crippen molar-refractivity contribution in [3.05, 3.63) is 22.8 Å².